The third kappa shape index (κ3) is 2.36. The standard InChI is InChI=1S/C11H13BrN2O2/c12-9-2-1-8(7-10(9)13)11(15)14-3-5-16-6-4-14/h1-2,7H,3-6,13H2. The van der Waals surface area contributed by atoms with Crippen LogP contribution in [0.15, 0.2) is 22.7 Å². The number of halogens is 1. The highest BCUT2D eigenvalue weighted by atomic mass is 79.9. The summed E-state index contributed by atoms with van der Waals surface area (Å²) in [5, 5.41) is 0. The Morgan fingerprint density at radius 3 is 2.69 bits per heavy atom. The van der Waals surface area contributed by atoms with Crippen LogP contribution < -0.4 is 5.73 Å². The van der Waals surface area contributed by atoms with E-state index < -0.39 is 0 Å². The molecule has 2 N–H and O–H groups in total. The number of anilines is 1. The number of hydrogen-bond donors (Lipinski definition) is 1. The maximum atomic E-state index is 12.1. The fourth-order valence-corrected chi connectivity index (χ4v) is 1.87. The largest absolute Gasteiger partial charge is 0.398 e. The summed E-state index contributed by atoms with van der Waals surface area (Å²) >= 11 is 3.30. The van der Waals surface area contributed by atoms with Crippen molar-refractivity contribution in [2.24, 2.45) is 0 Å². The van der Waals surface area contributed by atoms with Crippen molar-refractivity contribution in [1.29, 1.82) is 0 Å². The number of rotatable bonds is 1. The van der Waals surface area contributed by atoms with Crippen molar-refractivity contribution in [3.05, 3.63) is 28.2 Å². The summed E-state index contributed by atoms with van der Waals surface area (Å²) in [6.07, 6.45) is 0. The van der Waals surface area contributed by atoms with E-state index in [1.165, 1.54) is 0 Å². The van der Waals surface area contributed by atoms with Gasteiger partial charge in [-0.15, -0.1) is 0 Å². The first-order valence-corrected chi connectivity index (χ1v) is 5.90. The van der Waals surface area contributed by atoms with Gasteiger partial charge in [-0.05, 0) is 34.1 Å². The van der Waals surface area contributed by atoms with Crippen LogP contribution in [0, 0.1) is 0 Å². The van der Waals surface area contributed by atoms with E-state index >= 15 is 0 Å². The molecule has 0 saturated carbocycles. The van der Waals surface area contributed by atoms with Crippen molar-refractivity contribution < 1.29 is 9.53 Å². The van der Waals surface area contributed by atoms with Crippen molar-refractivity contribution in [3.63, 3.8) is 0 Å². The summed E-state index contributed by atoms with van der Waals surface area (Å²) in [6.45, 7) is 2.51. The molecular formula is C11H13BrN2O2. The van der Waals surface area contributed by atoms with Crippen LogP contribution in [0.2, 0.25) is 0 Å². The SMILES string of the molecule is Nc1cc(C(=O)N2CCOCC2)ccc1Br. The zero-order valence-electron chi connectivity index (χ0n) is 8.78. The minimum atomic E-state index is 0.0162. The number of nitrogens with two attached hydrogens (primary N) is 1. The molecule has 0 unspecified atom stereocenters. The van der Waals surface area contributed by atoms with Gasteiger partial charge in [0.05, 0.1) is 13.2 Å². The zero-order chi connectivity index (χ0) is 11.5. The second kappa shape index (κ2) is 4.84. The van der Waals surface area contributed by atoms with Gasteiger partial charge in [0.1, 0.15) is 0 Å². The fraction of sp³-hybridized carbons (Fsp3) is 0.364. The Balaban J connectivity index is 2.16. The van der Waals surface area contributed by atoms with Crippen LogP contribution >= 0.6 is 15.9 Å². The Labute approximate surface area is 102 Å². The molecule has 1 aromatic rings. The van der Waals surface area contributed by atoms with Gasteiger partial charge in [-0.1, -0.05) is 0 Å². The van der Waals surface area contributed by atoms with Crippen LogP contribution in [-0.2, 0) is 4.74 Å². The minimum Gasteiger partial charge on any atom is -0.398 e. The van der Waals surface area contributed by atoms with E-state index in [0.29, 0.717) is 37.6 Å². The Morgan fingerprint density at radius 2 is 2.06 bits per heavy atom. The van der Waals surface area contributed by atoms with Crippen LogP contribution in [0.3, 0.4) is 0 Å². The van der Waals surface area contributed by atoms with E-state index in [2.05, 4.69) is 15.9 Å². The van der Waals surface area contributed by atoms with Gasteiger partial charge in [-0.3, -0.25) is 4.79 Å². The quantitative estimate of drug-likeness (QED) is 0.796. The second-order valence-electron chi connectivity index (χ2n) is 3.64. The summed E-state index contributed by atoms with van der Waals surface area (Å²) in [7, 11) is 0. The molecule has 1 amide bonds. The molecule has 2 rings (SSSR count). The summed E-state index contributed by atoms with van der Waals surface area (Å²) < 4.78 is 6.01. The predicted octanol–water partition coefficient (Wildman–Crippen LogP) is 1.50. The topological polar surface area (TPSA) is 55.6 Å². The lowest BCUT2D eigenvalue weighted by Gasteiger charge is -2.27. The van der Waals surface area contributed by atoms with Crippen molar-refractivity contribution in [1.82, 2.24) is 4.90 Å². The fourth-order valence-electron chi connectivity index (χ4n) is 1.63. The minimum absolute atomic E-state index is 0.0162. The molecule has 1 aromatic carbocycles. The molecule has 16 heavy (non-hydrogen) atoms. The molecule has 0 aromatic heterocycles. The second-order valence-corrected chi connectivity index (χ2v) is 4.50. The number of carbonyl (C=O) groups excluding carboxylic acids is 1. The molecule has 5 heteroatoms. The highest BCUT2D eigenvalue weighted by Gasteiger charge is 2.18. The summed E-state index contributed by atoms with van der Waals surface area (Å²) in [5.41, 5.74) is 6.96. The van der Waals surface area contributed by atoms with Gasteiger partial charge in [0, 0.05) is 28.8 Å². The number of morpholine rings is 1. The molecular weight excluding hydrogens is 272 g/mol. The van der Waals surface area contributed by atoms with Crippen molar-refractivity contribution in [2.75, 3.05) is 32.0 Å². The van der Waals surface area contributed by atoms with E-state index in [9.17, 15) is 4.79 Å². The third-order valence-corrected chi connectivity index (χ3v) is 3.26. The molecule has 1 heterocycles. The zero-order valence-corrected chi connectivity index (χ0v) is 10.4. The van der Waals surface area contributed by atoms with E-state index in [0.717, 1.165) is 4.47 Å². The van der Waals surface area contributed by atoms with Crippen LogP contribution in [0.1, 0.15) is 10.4 Å². The van der Waals surface area contributed by atoms with E-state index in [-0.39, 0.29) is 5.91 Å². The molecule has 0 atom stereocenters. The molecule has 1 fully saturated rings. The normalized spacial score (nSPS) is 16.2. The lowest BCUT2D eigenvalue weighted by atomic mass is 10.1. The van der Waals surface area contributed by atoms with Gasteiger partial charge in [0.25, 0.3) is 5.91 Å². The summed E-state index contributed by atoms with van der Waals surface area (Å²) in [4.78, 5) is 13.8. The number of amides is 1. The Kier molecular flexibility index (Phi) is 3.46. The molecule has 86 valence electrons. The van der Waals surface area contributed by atoms with Crippen molar-refractivity contribution in [2.45, 2.75) is 0 Å². The maximum Gasteiger partial charge on any atom is 0.254 e. The number of benzene rings is 1. The molecule has 1 aliphatic heterocycles. The molecule has 1 saturated heterocycles. The van der Waals surface area contributed by atoms with E-state index in [1.807, 2.05) is 0 Å². The predicted molar refractivity (Wildman–Crippen MR) is 65.3 cm³/mol. The first-order chi connectivity index (χ1) is 7.68. The number of nitrogen functional groups attached to an aromatic ring is 1. The molecule has 1 aliphatic rings. The Morgan fingerprint density at radius 1 is 1.38 bits per heavy atom. The van der Waals surface area contributed by atoms with Gasteiger partial charge in [0.15, 0.2) is 0 Å². The highest BCUT2D eigenvalue weighted by molar-refractivity contribution is 9.10. The average Bonchev–Trinajstić information content (AvgIpc) is 2.33. The van der Waals surface area contributed by atoms with Crippen LogP contribution in [0.25, 0.3) is 0 Å². The smallest absolute Gasteiger partial charge is 0.254 e. The average molecular weight is 285 g/mol. The van der Waals surface area contributed by atoms with E-state index in [4.69, 9.17) is 10.5 Å². The summed E-state index contributed by atoms with van der Waals surface area (Å²) in [6, 6.07) is 5.27. The monoisotopic (exact) mass is 284 g/mol. The first kappa shape index (κ1) is 11.4. The molecule has 4 nitrogen and oxygen atoms in total. The van der Waals surface area contributed by atoms with Gasteiger partial charge in [-0.25, -0.2) is 0 Å². The Bertz CT molecular complexity index is 403. The number of nitrogens with zero attached hydrogens (tertiary/aromatic N) is 1. The maximum absolute atomic E-state index is 12.1. The van der Waals surface area contributed by atoms with Gasteiger partial charge >= 0.3 is 0 Å². The molecule has 0 spiro atoms. The van der Waals surface area contributed by atoms with Crippen LogP contribution in [0.5, 0.6) is 0 Å². The third-order valence-electron chi connectivity index (χ3n) is 2.54. The molecule has 0 aliphatic carbocycles. The van der Waals surface area contributed by atoms with E-state index in [1.54, 1.807) is 23.1 Å². The number of hydrogen-bond acceptors (Lipinski definition) is 3. The lowest BCUT2D eigenvalue weighted by Crippen LogP contribution is -2.40. The van der Waals surface area contributed by atoms with Gasteiger partial charge in [0.2, 0.25) is 0 Å². The van der Waals surface area contributed by atoms with Gasteiger partial charge < -0.3 is 15.4 Å². The summed E-state index contributed by atoms with van der Waals surface area (Å²) in [5.74, 6) is 0.0162. The molecule has 0 radical (unpaired) electrons. The van der Waals surface area contributed by atoms with Crippen molar-refractivity contribution >= 4 is 27.5 Å². The lowest BCUT2D eigenvalue weighted by molar-refractivity contribution is 0.0303. The molecule has 0 bridgehead atoms. The number of ether oxygens (including phenoxy) is 1. The first-order valence-electron chi connectivity index (χ1n) is 5.10. The van der Waals surface area contributed by atoms with Crippen molar-refractivity contribution in [3.8, 4) is 0 Å². The Hall–Kier alpha value is -1.07. The van der Waals surface area contributed by atoms with Gasteiger partial charge in [-0.2, -0.15) is 0 Å². The van der Waals surface area contributed by atoms with Crippen LogP contribution in [0.4, 0.5) is 5.69 Å². The number of carbonyl (C=O) groups is 1. The highest BCUT2D eigenvalue weighted by Crippen LogP contribution is 2.21. The van der Waals surface area contributed by atoms with Crippen LogP contribution in [-0.4, -0.2) is 37.1 Å².